The van der Waals surface area contributed by atoms with Gasteiger partial charge in [-0.1, -0.05) is 6.07 Å². The molecule has 1 aliphatic heterocycles. The monoisotopic (exact) mass is 365 g/mol. The smallest absolute Gasteiger partial charge is 0.307 e. The van der Waals surface area contributed by atoms with E-state index in [1.807, 2.05) is 0 Å². The van der Waals surface area contributed by atoms with Gasteiger partial charge in [0.25, 0.3) is 10.0 Å². The number of aryl methyl sites for hydroxylation is 2. The molecule has 2 aromatic rings. The van der Waals surface area contributed by atoms with Gasteiger partial charge in [-0.15, -0.1) is 0 Å². The Morgan fingerprint density at radius 1 is 1.36 bits per heavy atom. The summed E-state index contributed by atoms with van der Waals surface area (Å²) in [5.41, 5.74) is 1.37. The molecule has 0 saturated heterocycles. The normalized spacial score (nSPS) is 14.0. The molecule has 0 saturated carbocycles. The molecular weight excluding hydrogens is 346 g/mol. The third kappa shape index (κ3) is 3.76. The van der Waals surface area contributed by atoms with E-state index in [9.17, 15) is 13.2 Å². The number of carbonyl (C=O) groups is 1. The Bertz CT molecular complexity index is 881. The van der Waals surface area contributed by atoms with Crippen LogP contribution in [0.2, 0.25) is 0 Å². The van der Waals surface area contributed by atoms with Gasteiger partial charge < -0.3 is 9.84 Å². The second-order valence-electron chi connectivity index (χ2n) is 5.86. The number of nitrogens with one attached hydrogen (secondary N) is 1. The number of ether oxygens (including phenoxy) is 1. The highest BCUT2D eigenvalue weighted by Crippen LogP contribution is 2.28. The van der Waals surface area contributed by atoms with Crippen LogP contribution in [0.5, 0.6) is 5.75 Å². The number of rotatable bonds is 6. The Balaban J connectivity index is 1.93. The van der Waals surface area contributed by atoms with Crippen molar-refractivity contribution in [2.75, 3.05) is 11.8 Å². The van der Waals surface area contributed by atoms with Crippen LogP contribution in [-0.2, 0) is 34.2 Å². The lowest BCUT2D eigenvalue weighted by molar-refractivity contribution is -0.136. The highest BCUT2D eigenvalue weighted by molar-refractivity contribution is 7.92. The molecule has 0 aliphatic carbocycles. The highest BCUT2D eigenvalue weighted by Gasteiger charge is 2.23. The Kier molecular flexibility index (Phi) is 4.67. The van der Waals surface area contributed by atoms with Crippen molar-refractivity contribution in [2.24, 2.45) is 0 Å². The lowest BCUT2D eigenvalue weighted by Gasteiger charge is -2.12. The molecule has 0 unspecified atom stereocenters. The maximum absolute atomic E-state index is 12.7. The average Bonchev–Trinajstić information content (AvgIpc) is 2.95. The van der Waals surface area contributed by atoms with Gasteiger partial charge in [-0.3, -0.25) is 14.2 Å². The number of fused-ring (bicyclic) bond motifs is 1. The van der Waals surface area contributed by atoms with Crippen molar-refractivity contribution in [3.8, 4) is 5.75 Å². The minimum atomic E-state index is -3.96. The molecule has 1 aliphatic rings. The summed E-state index contributed by atoms with van der Waals surface area (Å²) < 4.78 is 34.9. The standard InChI is InChI=1S/C16H19N3O5S/c1-24-13-6-5-11(9-16(20)21)8-14(13)25(22,23)18-15-10-12-4-2-3-7-19(12)17-15/h5-6,8,10H,2-4,7,9H2,1H3,(H,17,18)(H,20,21). The van der Waals surface area contributed by atoms with E-state index >= 15 is 0 Å². The van der Waals surface area contributed by atoms with Crippen molar-refractivity contribution in [1.29, 1.82) is 0 Å². The van der Waals surface area contributed by atoms with Crippen molar-refractivity contribution in [1.82, 2.24) is 9.78 Å². The minimum Gasteiger partial charge on any atom is -0.495 e. The highest BCUT2D eigenvalue weighted by atomic mass is 32.2. The van der Waals surface area contributed by atoms with Crippen LogP contribution < -0.4 is 9.46 Å². The van der Waals surface area contributed by atoms with E-state index in [0.717, 1.165) is 31.5 Å². The van der Waals surface area contributed by atoms with Crippen LogP contribution in [0.3, 0.4) is 0 Å². The number of anilines is 1. The Morgan fingerprint density at radius 2 is 2.16 bits per heavy atom. The zero-order chi connectivity index (χ0) is 18.0. The zero-order valence-corrected chi connectivity index (χ0v) is 14.5. The number of aromatic nitrogens is 2. The third-order valence-corrected chi connectivity index (χ3v) is 5.40. The van der Waals surface area contributed by atoms with Crippen molar-refractivity contribution >= 4 is 21.8 Å². The average molecular weight is 365 g/mol. The van der Waals surface area contributed by atoms with Gasteiger partial charge in [0.05, 0.1) is 13.5 Å². The van der Waals surface area contributed by atoms with Crippen molar-refractivity contribution in [3.63, 3.8) is 0 Å². The van der Waals surface area contributed by atoms with Gasteiger partial charge in [-0.25, -0.2) is 8.42 Å². The zero-order valence-electron chi connectivity index (χ0n) is 13.7. The summed E-state index contributed by atoms with van der Waals surface area (Å²) in [7, 11) is -2.60. The predicted octanol–water partition coefficient (Wildman–Crippen LogP) is 1.66. The maximum Gasteiger partial charge on any atom is 0.307 e. The number of carboxylic acid groups (broad SMARTS) is 1. The lowest BCUT2D eigenvalue weighted by Crippen LogP contribution is -2.16. The SMILES string of the molecule is COc1ccc(CC(=O)O)cc1S(=O)(=O)Nc1cc2n(n1)CCCC2. The molecule has 0 amide bonds. The number of hydrogen-bond acceptors (Lipinski definition) is 5. The molecule has 2 heterocycles. The van der Waals surface area contributed by atoms with Gasteiger partial charge in [0, 0.05) is 18.3 Å². The van der Waals surface area contributed by atoms with Crippen molar-refractivity contribution in [3.05, 3.63) is 35.5 Å². The van der Waals surface area contributed by atoms with Crippen LogP contribution in [0, 0.1) is 0 Å². The van der Waals surface area contributed by atoms with Crippen LogP contribution in [0.25, 0.3) is 0 Å². The summed E-state index contributed by atoms with van der Waals surface area (Å²) in [6, 6.07) is 6.02. The molecule has 0 fully saturated rings. The molecule has 1 aromatic carbocycles. The molecule has 2 N–H and O–H groups in total. The van der Waals surface area contributed by atoms with E-state index in [2.05, 4.69) is 9.82 Å². The number of sulfonamides is 1. The van der Waals surface area contributed by atoms with Gasteiger partial charge in [0.1, 0.15) is 10.6 Å². The number of methoxy groups -OCH3 is 1. The van der Waals surface area contributed by atoms with Crippen LogP contribution in [0.4, 0.5) is 5.82 Å². The third-order valence-electron chi connectivity index (χ3n) is 4.03. The summed E-state index contributed by atoms with van der Waals surface area (Å²) in [5.74, 6) is -0.642. The number of nitrogens with zero attached hydrogens (tertiary/aromatic N) is 2. The molecule has 25 heavy (non-hydrogen) atoms. The second-order valence-corrected chi connectivity index (χ2v) is 7.51. The topological polar surface area (TPSA) is 111 Å². The molecule has 0 bridgehead atoms. The van der Waals surface area contributed by atoms with Gasteiger partial charge >= 0.3 is 5.97 Å². The summed E-state index contributed by atoms with van der Waals surface area (Å²) in [5, 5.41) is 13.2. The molecule has 134 valence electrons. The van der Waals surface area contributed by atoms with E-state index in [1.165, 1.54) is 25.3 Å². The van der Waals surface area contributed by atoms with E-state index in [1.54, 1.807) is 10.7 Å². The molecule has 0 atom stereocenters. The first-order valence-corrected chi connectivity index (χ1v) is 9.35. The van der Waals surface area contributed by atoms with Gasteiger partial charge in [-0.2, -0.15) is 5.10 Å². The number of carboxylic acids is 1. The maximum atomic E-state index is 12.7. The van der Waals surface area contributed by atoms with E-state index in [4.69, 9.17) is 9.84 Å². The first-order valence-electron chi connectivity index (χ1n) is 7.87. The first-order chi connectivity index (χ1) is 11.9. The molecule has 3 rings (SSSR count). The van der Waals surface area contributed by atoms with Crippen LogP contribution in [0.15, 0.2) is 29.2 Å². The first kappa shape index (κ1) is 17.3. The summed E-state index contributed by atoms with van der Waals surface area (Å²) in [4.78, 5) is 10.8. The fourth-order valence-corrected chi connectivity index (χ4v) is 4.08. The molecular formula is C16H19N3O5S. The van der Waals surface area contributed by atoms with E-state index in [-0.39, 0.29) is 22.9 Å². The number of aliphatic carboxylic acids is 1. The van der Waals surface area contributed by atoms with Crippen LogP contribution in [0.1, 0.15) is 24.1 Å². The summed E-state index contributed by atoms with van der Waals surface area (Å²) in [6.07, 6.45) is 2.67. The summed E-state index contributed by atoms with van der Waals surface area (Å²) >= 11 is 0. The summed E-state index contributed by atoms with van der Waals surface area (Å²) in [6.45, 7) is 0.772. The fraction of sp³-hybridized carbons (Fsp3) is 0.375. The lowest BCUT2D eigenvalue weighted by atomic mass is 10.1. The minimum absolute atomic E-state index is 0.111. The number of hydrogen-bond donors (Lipinski definition) is 2. The van der Waals surface area contributed by atoms with Crippen LogP contribution >= 0.6 is 0 Å². The van der Waals surface area contributed by atoms with Gasteiger partial charge in [-0.05, 0) is 37.0 Å². The quantitative estimate of drug-likeness (QED) is 0.805. The van der Waals surface area contributed by atoms with Gasteiger partial charge in [0.15, 0.2) is 5.82 Å². The molecule has 0 radical (unpaired) electrons. The number of benzene rings is 1. The Labute approximate surface area is 145 Å². The van der Waals surface area contributed by atoms with E-state index in [0.29, 0.717) is 5.56 Å². The second kappa shape index (κ2) is 6.75. The largest absolute Gasteiger partial charge is 0.495 e. The Hall–Kier alpha value is -2.55. The van der Waals surface area contributed by atoms with Crippen molar-refractivity contribution < 1.29 is 23.1 Å². The molecule has 9 heteroatoms. The fourth-order valence-electron chi connectivity index (χ4n) is 2.88. The predicted molar refractivity (Wildman–Crippen MR) is 90.3 cm³/mol. The van der Waals surface area contributed by atoms with Crippen LogP contribution in [-0.4, -0.2) is 36.4 Å². The van der Waals surface area contributed by atoms with E-state index < -0.39 is 16.0 Å². The molecule has 8 nitrogen and oxygen atoms in total. The molecule has 0 spiro atoms. The van der Waals surface area contributed by atoms with Crippen molar-refractivity contribution in [2.45, 2.75) is 37.1 Å². The Morgan fingerprint density at radius 3 is 2.84 bits per heavy atom. The van der Waals surface area contributed by atoms with Gasteiger partial charge in [0.2, 0.25) is 0 Å². The molecule has 1 aromatic heterocycles.